The number of aromatic amines is 1. The van der Waals surface area contributed by atoms with Crippen LogP contribution >= 0.6 is 0 Å². The molecule has 0 saturated carbocycles. The van der Waals surface area contributed by atoms with E-state index < -0.39 is 0 Å². The molecule has 126 valence electrons. The molecule has 2 heterocycles. The highest BCUT2D eigenvalue weighted by molar-refractivity contribution is 5.74. The molecule has 1 aliphatic rings. The number of benzene rings is 1. The first-order valence-corrected chi connectivity index (χ1v) is 8.00. The third-order valence-electron chi connectivity index (χ3n) is 4.18. The van der Waals surface area contributed by atoms with Gasteiger partial charge in [0.25, 0.3) is 5.56 Å². The second kappa shape index (κ2) is 6.78. The van der Waals surface area contributed by atoms with Crippen LogP contribution in [0.15, 0.2) is 35.1 Å². The van der Waals surface area contributed by atoms with Crippen LogP contribution in [-0.2, 0) is 6.54 Å². The van der Waals surface area contributed by atoms with Crippen molar-refractivity contribution in [1.82, 2.24) is 15.6 Å². The third kappa shape index (κ3) is 3.42. The fourth-order valence-corrected chi connectivity index (χ4v) is 2.97. The molecule has 0 saturated heterocycles. The molecule has 1 aliphatic heterocycles. The van der Waals surface area contributed by atoms with Gasteiger partial charge in [-0.15, -0.1) is 0 Å². The maximum Gasteiger partial charge on any atom is 0.315 e. The first kappa shape index (κ1) is 16.1. The van der Waals surface area contributed by atoms with Crippen molar-refractivity contribution in [1.29, 1.82) is 0 Å². The summed E-state index contributed by atoms with van der Waals surface area (Å²) in [5, 5.41) is 5.72. The number of urea groups is 1. The lowest BCUT2D eigenvalue weighted by Gasteiger charge is -2.26. The molecule has 1 atom stereocenters. The molecule has 0 aliphatic carbocycles. The molecule has 2 aromatic rings. The van der Waals surface area contributed by atoms with Crippen LogP contribution in [-0.4, -0.2) is 17.6 Å². The van der Waals surface area contributed by atoms with E-state index in [9.17, 15) is 9.59 Å². The fourth-order valence-electron chi connectivity index (χ4n) is 2.97. The van der Waals surface area contributed by atoms with Crippen LogP contribution in [0.4, 0.5) is 4.79 Å². The van der Waals surface area contributed by atoms with Crippen molar-refractivity contribution in [2.45, 2.75) is 32.9 Å². The van der Waals surface area contributed by atoms with E-state index in [1.54, 1.807) is 0 Å². The number of H-pyrrole nitrogens is 1. The van der Waals surface area contributed by atoms with Gasteiger partial charge in [-0.25, -0.2) is 4.79 Å². The van der Waals surface area contributed by atoms with Gasteiger partial charge in [-0.3, -0.25) is 4.79 Å². The summed E-state index contributed by atoms with van der Waals surface area (Å²) in [6.45, 7) is 4.46. The molecule has 3 N–H and O–H groups in total. The lowest BCUT2D eigenvalue weighted by molar-refractivity contribution is 0.223. The maximum atomic E-state index is 12.2. The van der Waals surface area contributed by atoms with E-state index in [0.29, 0.717) is 18.6 Å². The topological polar surface area (TPSA) is 83.2 Å². The molecule has 24 heavy (non-hydrogen) atoms. The van der Waals surface area contributed by atoms with Gasteiger partial charge in [0.05, 0.1) is 19.2 Å². The van der Waals surface area contributed by atoms with Gasteiger partial charge >= 0.3 is 6.03 Å². The van der Waals surface area contributed by atoms with Gasteiger partial charge in [0.15, 0.2) is 0 Å². The number of carbonyl (C=O) groups excluding carboxylic acids is 1. The summed E-state index contributed by atoms with van der Waals surface area (Å²) in [6.07, 6.45) is 0.717. The van der Waals surface area contributed by atoms with Crippen LogP contribution in [0.25, 0.3) is 0 Å². The second-order valence-electron chi connectivity index (χ2n) is 6.00. The minimum atomic E-state index is -0.295. The number of hydrogen-bond donors (Lipinski definition) is 3. The van der Waals surface area contributed by atoms with Crippen molar-refractivity contribution in [3.63, 3.8) is 0 Å². The van der Waals surface area contributed by atoms with E-state index in [1.807, 2.05) is 44.2 Å². The zero-order valence-corrected chi connectivity index (χ0v) is 13.8. The predicted octanol–water partition coefficient (Wildman–Crippen LogP) is 2.31. The van der Waals surface area contributed by atoms with Gasteiger partial charge in [0.2, 0.25) is 0 Å². The molecule has 0 spiro atoms. The van der Waals surface area contributed by atoms with Gasteiger partial charge in [-0.2, -0.15) is 0 Å². The van der Waals surface area contributed by atoms with Gasteiger partial charge in [0, 0.05) is 23.2 Å². The van der Waals surface area contributed by atoms with E-state index in [0.717, 1.165) is 22.6 Å². The number of fused-ring (bicyclic) bond motifs is 1. The SMILES string of the molecule is Cc1cc(C)c(CNC(=O)NC2CCOc3ccccc32)c(=O)[nH]1. The molecule has 1 aromatic carbocycles. The molecule has 6 nitrogen and oxygen atoms in total. The maximum absolute atomic E-state index is 12.2. The van der Waals surface area contributed by atoms with Crippen LogP contribution < -0.4 is 20.9 Å². The Balaban J connectivity index is 1.64. The Morgan fingerprint density at radius 2 is 2.12 bits per heavy atom. The minimum absolute atomic E-state index is 0.0904. The Bertz CT molecular complexity index is 813. The highest BCUT2D eigenvalue weighted by Crippen LogP contribution is 2.31. The number of pyridine rings is 1. The number of rotatable bonds is 3. The van der Waals surface area contributed by atoms with E-state index in [-0.39, 0.29) is 24.2 Å². The van der Waals surface area contributed by atoms with Crippen LogP contribution in [0.3, 0.4) is 0 Å². The first-order chi connectivity index (χ1) is 11.5. The monoisotopic (exact) mass is 327 g/mol. The molecule has 6 heteroatoms. The summed E-state index contributed by atoms with van der Waals surface area (Å²) >= 11 is 0. The van der Waals surface area contributed by atoms with Crippen molar-refractivity contribution in [3.8, 4) is 5.75 Å². The summed E-state index contributed by atoms with van der Waals surface area (Å²) in [5.41, 5.74) is 3.06. The van der Waals surface area contributed by atoms with Crippen molar-refractivity contribution < 1.29 is 9.53 Å². The highest BCUT2D eigenvalue weighted by atomic mass is 16.5. The summed E-state index contributed by atoms with van der Waals surface area (Å²) in [6, 6.07) is 9.20. The number of hydrogen-bond acceptors (Lipinski definition) is 3. The van der Waals surface area contributed by atoms with Crippen molar-refractivity contribution in [3.05, 3.63) is 63.1 Å². The minimum Gasteiger partial charge on any atom is -0.493 e. The Hall–Kier alpha value is -2.76. The smallest absolute Gasteiger partial charge is 0.315 e. The van der Waals surface area contributed by atoms with Gasteiger partial charge < -0.3 is 20.4 Å². The number of ether oxygens (including phenoxy) is 1. The summed E-state index contributed by atoms with van der Waals surface area (Å²) in [4.78, 5) is 26.9. The van der Waals surface area contributed by atoms with Gasteiger partial charge in [-0.05, 0) is 31.5 Å². The number of nitrogens with one attached hydrogen (secondary N) is 3. The zero-order valence-electron chi connectivity index (χ0n) is 13.8. The average molecular weight is 327 g/mol. The number of aryl methyl sites for hydroxylation is 2. The van der Waals surface area contributed by atoms with Gasteiger partial charge in [0.1, 0.15) is 5.75 Å². The molecule has 2 amide bonds. The van der Waals surface area contributed by atoms with Crippen LogP contribution in [0, 0.1) is 13.8 Å². The molecule has 0 radical (unpaired) electrons. The molecule has 1 aromatic heterocycles. The van der Waals surface area contributed by atoms with Crippen molar-refractivity contribution >= 4 is 6.03 Å². The Morgan fingerprint density at radius 3 is 2.92 bits per heavy atom. The zero-order chi connectivity index (χ0) is 17.1. The Labute approximate surface area is 140 Å². The Morgan fingerprint density at radius 1 is 1.33 bits per heavy atom. The molecule has 3 rings (SSSR count). The summed E-state index contributed by atoms with van der Waals surface area (Å²) < 4.78 is 5.59. The van der Waals surface area contributed by atoms with E-state index in [4.69, 9.17) is 4.74 Å². The average Bonchev–Trinajstić information content (AvgIpc) is 2.54. The second-order valence-corrected chi connectivity index (χ2v) is 6.00. The number of amides is 2. The van der Waals surface area contributed by atoms with E-state index >= 15 is 0 Å². The lowest BCUT2D eigenvalue weighted by atomic mass is 10.0. The number of para-hydroxylation sites is 1. The number of carbonyl (C=O) groups is 1. The molecular weight excluding hydrogens is 306 g/mol. The highest BCUT2D eigenvalue weighted by Gasteiger charge is 2.22. The summed E-state index contributed by atoms with van der Waals surface area (Å²) in [5.74, 6) is 0.805. The molecule has 0 bridgehead atoms. The number of aromatic nitrogens is 1. The standard InChI is InChI=1S/C18H21N3O3/c1-11-9-12(2)20-17(22)14(11)10-19-18(23)21-15-7-8-24-16-6-4-3-5-13(15)16/h3-6,9,15H,7-8,10H2,1-2H3,(H,20,22)(H2,19,21,23). The fraction of sp³-hybridized carbons (Fsp3) is 0.333. The molecule has 0 fully saturated rings. The summed E-state index contributed by atoms with van der Waals surface area (Å²) in [7, 11) is 0. The van der Waals surface area contributed by atoms with Crippen molar-refractivity contribution in [2.75, 3.05) is 6.61 Å². The normalized spacial score (nSPS) is 16.0. The molecule has 1 unspecified atom stereocenters. The van der Waals surface area contributed by atoms with E-state index in [2.05, 4.69) is 15.6 Å². The molecular formula is C18H21N3O3. The Kier molecular flexibility index (Phi) is 4.55. The predicted molar refractivity (Wildman–Crippen MR) is 91.2 cm³/mol. The van der Waals surface area contributed by atoms with Crippen molar-refractivity contribution in [2.24, 2.45) is 0 Å². The lowest BCUT2D eigenvalue weighted by Crippen LogP contribution is -2.40. The van der Waals surface area contributed by atoms with Gasteiger partial charge in [-0.1, -0.05) is 18.2 Å². The quantitative estimate of drug-likeness (QED) is 0.809. The van der Waals surface area contributed by atoms with Crippen LogP contribution in [0.1, 0.15) is 34.8 Å². The van der Waals surface area contributed by atoms with E-state index in [1.165, 1.54) is 0 Å². The van der Waals surface area contributed by atoms with Crippen LogP contribution in [0.2, 0.25) is 0 Å². The first-order valence-electron chi connectivity index (χ1n) is 8.00. The largest absolute Gasteiger partial charge is 0.493 e. The third-order valence-corrected chi connectivity index (χ3v) is 4.18. The van der Waals surface area contributed by atoms with Crippen LogP contribution in [0.5, 0.6) is 5.75 Å².